The third kappa shape index (κ3) is 4.21. The number of likely N-dealkylation sites (N-methyl/N-ethyl adjacent to an activating group) is 1. The van der Waals surface area contributed by atoms with E-state index in [-0.39, 0.29) is 18.0 Å². The van der Waals surface area contributed by atoms with Gasteiger partial charge in [0.2, 0.25) is 5.91 Å². The predicted molar refractivity (Wildman–Crippen MR) is 117 cm³/mol. The van der Waals surface area contributed by atoms with E-state index in [1.54, 1.807) is 29.2 Å². The standard InChI is InChI=1S/C21H17ClN4O2S/c1-2-26(12-18-23-16-11-13(22)7-8-14(16)21(28)25-18)20(27)10-9-19-24-15-5-3-4-6-17(15)29-19/h3-11H,2,12H2,1H3,(H,23,25,28)/b10-9+. The Morgan fingerprint density at radius 1 is 1.21 bits per heavy atom. The van der Waals surface area contributed by atoms with Crippen molar-refractivity contribution in [1.82, 2.24) is 19.9 Å². The number of benzene rings is 2. The zero-order chi connectivity index (χ0) is 20.4. The van der Waals surface area contributed by atoms with Crippen LogP contribution in [0.4, 0.5) is 0 Å². The Bertz CT molecular complexity index is 1260. The molecule has 2 aromatic carbocycles. The average molecular weight is 425 g/mol. The molecule has 146 valence electrons. The number of H-pyrrole nitrogens is 1. The van der Waals surface area contributed by atoms with E-state index in [1.807, 2.05) is 31.2 Å². The molecule has 6 nitrogen and oxygen atoms in total. The molecule has 0 saturated carbocycles. The van der Waals surface area contributed by atoms with Crippen LogP contribution in [-0.4, -0.2) is 32.3 Å². The summed E-state index contributed by atoms with van der Waals surface area (Å²) >= 11 is 7.53. The first-order valence-electron chi connectivity index (χ1n) is 9.04. The van der Waals surface area contributed by atoms with E-state index in [4.69, 9.17) is 11.6 Å². The molecule has 4 aromatic rings. The number of aromatic amines is 1. The highest BCUT2D eigenvalue weighted by atomic mass is 35.5. The fourth-order valence-electron chi connectivity index (χ4n) is 2.97. The number of aromatic nitrogens is 3. The van der Waals surface area contributed by atoms with Crippen LogP contribution in [0.15, 0.2) is 53.3 Å². The molecule has 1 amide bonds. The number of hydrogen-bond donors (Lipinski definition) is 1. The zero-order valence-electron chi connectivity index (χ0n) is 15.6. The number of nitrogens with one attached hydrogen (secondary N) is 1. The summed E-state index contributed by atoms with van der Waals surface area (Å²) in [5.74, 6) is 0.231. The molecule has 0 aliphatic heterocycles. The van der Waals surface area contributed by atoms with E-state index in [0.717, 1.165) is 15.2 Å². The molecule has 2 aromatic heterocycles. The number of fused-ring (bicyclic) bond motifs is 2. The molecular weight excluding hydrogens is 408 g/mol. The summed E-state index contributed by atoms with van der Waals surface area (Å²) in [6.07, 6.45) is 3.21. The molecule has 8 heteroatoms. The smallest absolute Gasteiger partial charge is 0.258 e. The maximum absolute atomic E-state index is 12.6. The quantitative estimate of drug-likeness (QED) is 0.486. The number of halogens is 1. The molecule has 0 atom stereocenters. The molecule has 4 rings (SSSR count). The Morgan fingerprint density at radius 2 is 2.03 bits per heavy atom. The number of para-hydroxylation sites is 1. The Hall–Kier alpha value is -3.03. The SMILES string of the molecule is CCN(Cc1nc2cc(Cl)ccc2c(=O)[nH]1)C(=O)/C=C/c1nc2ccccc2s1. The summed E-state index contributed by atoms with van der Waals surface area (Å²) < 4.78 is 1.07. The van der Waals surface area contributed by atoms with Crippen molar-refractivity contribution in [2.45, 2.75) is 13.5 Å². The largest absolute Gasteiger partial charge is 0.332 e. The van der Waals surface area contributed by atoms with E-state index in [1.165, 1.54) is 17.4 Å². The minimum Gasteiger partial charge on any atom is -0.332 e. The Labute approximate surface area is 175 Å². The average Bonchev–Trinajstić information content (AvgIpc) is 3.13. The third-order valence-corrected chi connectivity index (χ3v) is 5.67. The first kappa shape index (κ1) is 19.3. The molecule has 0 saturated heterocycles. The second-order valence-electron chi connectivity index (χ2n) is 6.38. The summed E-state index contributed by atoms with van der Waals surface area (Å²) in [5, 5.41) is 1.73. The zero-order valence-corrected chi connectivity index (χ0v) is 17.1. The van der Waals surface area contributed by atoms with Gasteiger partial charge in [0.1, 0.15) is 10.8 Å². The second kappa shape index (κ2) is 8.14. The lowest BCUT2D eigenvalue weighted by Gasteiger charge is -2.18. The number of thiazole rings is 1. The highest BCUT2D eigenvalue weighted by Crippen LogP contribution is 2.22. The van der Waals surface area contributed by atoms with E-state index < -0.39 is 0 Å². The number of hydrogen-bond acceptors (Lipinski definition) is 5. The number of nitrogens with zero attached hydrogens (tertiary/aromatic N) is 3. The topological polar surface area (TPSA) is 79.0 Å². The maximum Gasteiger partial charge on any atom is 0.258 e. The third-order valence-electron chi connectivity index (χ3n) is 4.43. The molecule has 1 N–H and O–H groups in total. The van der Waals surface area contributed by atoms with Gasteiger partial charge in [0.15, 0.2) is 0 Å². The van der Waals surface area contributed by atoms with E-state index >= 15 is 0 Å². The van der Waals surface area contributed by atoms with Gasteiger partial charge >= 0.3 is 0 Å². The molecule has 0 unspecified atom stereocenters. The summed E-state index contributed by atoms with van der Waals surface area (Å²) in [7, 11) is 0. The van der Waals surface area contributed by atoms with Crippen LogP contribution in [0.25, 0.3) is 27.2 Å². The van der Waals surface area contributed by atoms with Gasteiger partial charge in [-0.05, 0) is 43.3 Å². The van der Waals surface area contributed by atoms with Gasteiger partial charge in [-0.15, -0.1) is 11.3 Å². The van der Waals surface area contributed by atoms with Crippen molar-refractivity contribution in [3.05, 3.63) is 74.7 Å². The summed E-state index contributed by atoms with van der Waals surface area (Å²) in [6, 6.07) is 12.8. The Morgan fingerprint density at radius 3 is 2.83 bits per heavy atom. The lowest BCUT2D eigenvalue weighted by Crippen LogP contribution is -2.30. The van der Waals surface area contributed by atoms with Gasteiger partial charge < -0.3 is 9.88 Å². The van der Waals surface area contributed by atoms with Crippen LogP contribution in [-0.2, 0) is 11.3 Å². The number of carbonyl (C=O) groups excluding carboxylic acids is 1. The van der Waals surface area contributed by atoms with Crippen molar-refractivity contribution in [3.63, 3.8) is 0 Å². The monoisotopic (exact) mass is 424 g/mol. The van der Waals surface area contributed by atoms with Crippen LogP contribution in [0.3, 0.4) is 0 Å². The molecule has 0 fully saturated rings. The lowest BCUT2D eigenvalue weighted by molar-refractivity contribution is -0.126. The van der Waals surface area contributed by atoms with Gasteiger partial charge in [0.25, 0.3) is 5.56 Å². The first-order valence-corrected chi connectivity index (χ1v) is 10.2. The summed E-state index contributed by atoms with van der Waals surface area (Å²) in [6.45, 7) is 2.54. The second-order valence-corrected chi connectivity index (χ2v) is 7.88. The van der Waals surface area contributed by atoms with E-state index in [0.29, 0.717) is 28.3 Å². The maximum atomic E-state index is 12.6. The highest BCUT2D eigenvalue weighted by Gasteiger charge is 2.13. The molecule has 29 heavy (non-hydrogen) atoms. The van der Waals surface area contributed by atoms with Crippen LogP contribution in [0.1, 0.15) is 17.8 Å². The van der Waals surface area contributed by atoms with E-state index in [2.05, 4.69) is 15.0 Å². The van der Waals surface area contributed by atoms with Crippen molar-refractivity contribution < 1.29 is 4.79 Å². The number of rotatable bonds is 5. The van der Waals surface area contributed by atoms with Crippen molar-refractivity contribution in [2.24, 2.45) is 0 Å². The van der Waals surface area contributed by atoms with Crippen molar-refractivity contribution in [1.29, 1.82) is 0 Å². The molecule has 0 bridgehead atoms. The van der Waals surface area contributed by atoms with Gasteiger partial charge in [-0.2, -0.15) is 0 Å². The molecule has 0 spiro atoms. The Kier molecular flexibility index (Phi) is 5.42. The minimum atomic E-state index is -0.254. The fraction of sp³-hybridized carbons (Fsp3) is 0.143. The van der Waals surface area contributed by atoms with Gasteiger partial charge in [0.05, 0.1) is 27.7 Å². The van der Waals surface area contributed by atoms with Crippen LogP contribution >= 0.6 is 22.9 Å². The predicted octanol–water partition coefficient (Wildman–Crippen LogP) is 4.25. The Balaban J connectivity index is 1.54. The molecule has 0 aliphatic rings. The molecule has 0 aliphatic carbocycles. The summed E-state index contributed by atoms with van der Waals surface area (Å²) in [4.78, 5) is 38.2. The number of carbonyl (C=O) groups is 1. The normalized spacial score (nSPS) is 11.5. The van der Waals surface area contributed by atoms with Crippen LogP contribution < -0.4 is 5.56 Å². The van der Waals surface area contributed by atoms with Gasteiger partial charge in [-0.3, -0.25) is 9.59 Å². The lowest BCUT2D eigenvalue weighted by atomic mass is 10.2. The van der Waals surface area contributed by atoms with Gasteiger partial charge in [-0.25, -0.2) is 9.97 Å². The highest BCUT2D eigenvalue weighted by molar-refractivity contribution is 7.19. The summed E-state index contributed by atoms with van der Waals surface area (Å²) in [5.41, 5.74) is 1.16. The van der Waals surface area contributed by atoms with Crippen molar-refractivity contribution in [2.75, 3.05) is 6.54 Å². The van der Waals surface area contributed by atoms with Gasteiger partial charge in [0, 0.05) is 17.6 Å². The van der Waals surface area contributed by atoms with Crippen LogP contribution in [0, 0.1) is 0 Å². The van der Waals surface area contributed by atoms with Crippen LogP contribution in [0.2, 0.25) is 5.02 Å². The molecule has 0 radical (unpaired) electrons. The van der Waals surface area contributed by atoms with Gasteiger partial charge in [-0.1, -0.05) is 23.7 Å². The van der Waals surface area contributed by atoms with E-state index in [9.17, 15) is 9.59 Å². The fourth-order valence-corrected chi connectivity index (χ4v) is 4.01. The molecule has 2 heterocycles. The minimum absolute atomic E-state index is 0.180. The van der Waals surface area contributed by atoms with Crippen molar-refractivity contribution >= 4 is 56.0 Å². The first-order chi connectivity index (χ1) is 14.0. The number of amides is 1. The molecular formula is C21H17ClN4O2S. The van der Waals surface area contributed by atoms with Crippen molar-refractivity contribution in [3.8, 4) is 0 Å². The van der Waals surface area contributed by atoms with Crippen LogP contribution in [0.5, 0.6) is 0 Å².